The lowest BCUT2D eigenvalue weighted by molar-refractivity contribution is -0.0258. The van der Waals surface area contributed by atoms with Crippen LogP contribution in [0.5, 0.6) is 0 Å². The molecule has 0 heterocycles. The third-order valence-electron chi connectivity index (χ3n) is 3.16. The predicted octanol–water partition coefficient (Wildman–Crippen LogP) is 2.91. The Morgan fingerprint density at radius 1 is 1.25 bits per heavy atom. The first-order valence-electron chi connectivity index (χ1n) is 6.65. The van der Waals surface area contributed by atoms with E-state index in [0.29, 0.717) is 4.47 Å². The molecule has 0 aliphatic carbocycles. The smallest absolute Gasteiger partial charge is 0.264 e. The van der Waals surface area contributed by atoms with Crippen molar-refractivity contribution in [1.82, 2.24) is 4.47 Å². The van der Waals surface area contributed by atoms with Crippen molar-refractivity contribution >= 4 is 33.2 Å². The van der Waals surface area contributed by atoms with Gasteiger partial charge in [0.05, 0.1) is 22.6 Å². The summed E-state index contributed by atoms with van der Waals surface area (Å²) in [5.74, 6) is -1.18. The van der Waals surface area contributed by atoms with Gasteiger partial charge in [0.2, 0.25) is 0 Å². The fourth-order valence-electron chi connectivity index (χ4n) is 1.85. The standard InChI is InChI=1S/C15H14ClFN2O4S/c1-19(23-2)24(21,22)12-6-7-14(16)13(9-12)15(20)18-11-5-3-4-10(17)8-11/h3-9H,1-2H3,(H,18,20). The minimum atomic E-state index is -3.93. The summed E-state index contributed by atoms with van der Waals surface area (Å²) in [5.41, 5.74) is 0.157. The second-order valence-electron chi connectivity index (χ2n) is 4.70. The highest BCUT2D eigenvalue weighted by Gasteiger charge is 2.23. The van der Waals surface area contributed by atoms with Crippen molar-refractivity contribution in [3.05, 3.63) is 58.9 Å². The average Bonchev–Trinajstić information content (AvgIpc) is 2.54. The quantitative estimate of drug-likeness (QED) is 0.819. The molecule has 6 nitrogen and oxygen atoms in total. The van der Waals surface area contributed by atoms with Gasteiger partial charge in [-0.2, -0.15) is 0 Å². The number of halogens is 2. The predicted molar refractivity (Wildman–Crippen MR) is 87.8 cm³/mol. The van der Waals surface area contributed by atoms with Crippen LogP contribution in [0.15, 0.2) is 47.4 Å². The summed E-state index contributed by atoms with van der Waals surface area (Å²) < 4.78 is 38.3. The van der Waals surface area contributed by atoms with Gasteiger partial charge in [-0.3, -0.25) is 9.63 Å². The van der Waals surface area contributed by atoms with E-state index in [2.05, 4.69) is 10.2 Å². The van der Waals surface area contributed by atoms with Gasteiger partial charge in [0.15, 0.2) is 0 Å². The fourth-order valence-corrected chi connectivity index (χ4v) is 3.05. The maximum absolute atomic E-state index is 13.2. The molecule has 2 aromatic rings. The Balaban J connectivity index is 2.37. The van der Waals surface area contributed by atoms with E-state index < -0.39 is 21.7 Å². The molecule has 0 aliphatic rings. The van der Waals surface area contributed by atoms with E-state index in [-0.39, 0.29) is 21.2 Å². The lowest BCUT2D eigenvalue weighted by atomic mass is 10.2. The van der Waals surface area contributed by atoms with Crippen molar-refractivity contribution in [3.63, 3.8) is 0 Å². The van der Waals surface area contributed by atoms with Crippen LogP contribution in [0.1, 0.15) is 10.4 Å². The normalized spacial score (nSPS) is 11.5. The van der Waals surface area contributed by atoms with E-state index in [9.17, 15) is 17.6 Å². The zero-order valence-electron chi connectivity index (χ0n) is 12.8. The SMILES string of the molecule is CON(C)S(=O)(=O)c1ccc(Cl)c(C(=O)Nc2cccc(F)c2)c1. The Morgan fingerprint density at radius 3 is 2.58 bits per heavy atom. The minimum Gasteiger partial charge on any atom is -0.322 e. The van der Waals surface area contributed by atoms with E-state index in [1.54, 1.807) is 0 Å². The van der Waals surface area contributed by atoms with Crippen molar-refractivity contribution in [2.75, 3.05) is 19.5 Å². The number of sulfonamides is 1. The summed E-state index contributed by atoms with van der Waals surface area (Å²) in [4.78, 5) is 16.8. The van der Waals surface area contributed by atoms with Crippen LogP contribution in [0.2, 0.25) is 5.02 Å². The first-order valence-corrected chi connectivity index (χ1v) is 8.47. The number of hydrogen-bond acceptors (Lipinski definition) is 4. The molecule has 0 aliphatic heterocycles. The number of amides is 1. The molecule has 0 saturated heterocycles. The maximum Gasteiger partial charge on any atom is 0.264 e. The van der Waals surface area contributed by atoms with Crippen molar-refractivity contribution in [2.24, 2.45) is 0 Å². The Morgan fingerprint density at radius 2 is 1.96 bits per heavy atom. The van der Waals surface area contributed by atoms with Crippen molar-refractivity contribution in [1.29, 1.82) is 0 Å². The van der Waals surface area contributed by atoms with Crippen LogP contribution >= 0.6 is 11.6 Å². The van der Waals surface area contributed by atoms with Gasteiger partial charge in [0, 0.05) is 12.7 Å². The summed E-state index contributed by atoms with van der Waals surface area (Å²) >= 11 is 5.98. The number of hydroxylamine groups is 1. The first kappa shape index (κ1) is 18.3. The summed E-state index contributed by atoms with van der Waals surface area (Å²) in [5, 5.41) is 2.52. The second kappa shape index (κ2) is 7.27. The van der Waals surface area contributed by atoms with Crippen molar-refractivity contribution in [2.45, 2.75) is 4.90 Å². The van der Waals surface area contributed by atoms with E-state index in [0.717, 1.165) is 12.1 Å². The van der Waals surface area contributed by atoms with Crippen molar-refractivity contribution < 1.29 is 22.4 Å². The summed E-state index contributed by atoms with van der Waals surface area (Å²) in [6.45, 7) is 0. The Hall–Kier alpha value is -2.00. The van der Waals surface area contributed by atoms with Crippen LogP contribution in [0.3, 0.4) is 0 Å². The van der Waals surface area contributed by atoms with Gasteiger partial charge in [-0.25, -0.2) is 12.8 Å². The molecular weight excluding hydrogens is 359 g/mol. The second-order valence-corrected chi connectivity index (χ2v) is 7.05. The molecule has 0 aromatic heterocycles. The summed E-state index contributed by atoms with van der Waals surface area (Å²) in [6, 6.07) is 8.96. The zero-order chi connectivity index (χ0) is 17.9. The molecule has 0 radical (unpaired) electrons. The molecule has 2 rings (SSSR count). The molecule has 0 spiro atoms. The van der Waals surface area contributed by atoms with Gasteiger partial charge < -0.3 is 5.32 Å². The summed E-state index contributed by atoms with van der Waals surface area (Å²) in [6.07, 6.45) is 0. The molecule has 1 N–H and O–H groups in total. The highest BCUT2D eigenvalue weighted by atomic mass is 35.5. The van der Waals surface area contributed by atoms with E-state index in [4.69, 9.17) is 11.6 Å². The van der Waals surface area contributed by atoms with Crippen LogP contribution in [0.25, 0.3) is 0 Å². The molecule has 1 amide bonds. The van der Waals surface area contributed by atoms with Gasteiger partial charge in [0.25, 0.3) is 15.9 Å². The molecule has 0 bridgehead atoms. The van der Waals surface area contributed by atoms with Gasteiger partial charge in [-0.05, 0) is 36.4 Å². The summed E-state index contributed by atoms with van der Waals surface area (Å²) in [7, 11) is -1.51. The average molecular weight is 373 g/mol. The Kier molecular flexibility index (Phi) is 5.55. The monoisotopic (exact) mass is 372 g/mol. The van der Waals surface area contributed by atoms with Gasteiger partial charge in [-0.1, -0.05) is 22.1 Å². The molecule has 0 atom stereocenters. The lowest BCUT2D eigenvalue weighted by Gasteiger charge is -2.15. The Labute approximate surface area is 143 Å². The van der Waals surface area contributed by atoms with Crippen LogP contribution in [0.4, 0.5) is 10.1 Å². The third kappa shape index (κ3) is 3.90. The zero-order valence-corrected chi connectivity index (χ0v) is 14.4. The first-order chi connectivity index (χ1) is 11.3. The van der Waals surface area contributed by atoms with Crippen LogP contribution in [-0.4, -0.2) is 33.0 Å². The van der Waals surface area contributed by atoms with Gasteiger partial charge in [0.1, 0.15) is 5.82 Å². The molecule has 2 aromatic carbocycles. The van der Waals surface area contributed by atoms with Crippen LogP contribution in [0, 0.1) is 5.82 Å². The fraction of sp³-hybridized carbons (Fsp3) is 0.133. The van der Waals surface area contributed by atoms with E-state index in [1.165, 1.54) is 44.5 Å². The van der Waals surface area contributed by atoms with Crippen molar-refractivity contribution in [3.8, 4) is 0 Å². The van der Waals surface area contributed by atoms with Gasteiger partial charge >= 0.3 is 0 Å². The largest absolute Gasteiger partial charge is 0.322 e. The highest BCUT2D eigenvalue weighted by Crippen LogP contribution is 2.23. The molecule has 9 heteroatoms. The topological polar surface area (TPSA) is 75.7 Å². The number of nitrogens with one attached hydrogen (secondary N) is 1. The number of nitrogens with zero attached hydrogens (tertiary/aromatic N) is 1. The molecule has 0 unspecified atom stereocenters. The maximum atomic E-state index is 13.2. The number of carbonyl (C=O) groups is 1. The number of benzene rings is 2. The van der Waals surface area contributed by atoms with E-state index >= 15 is 0 Å². The molecule has 0 fully saturated rings. The van der Waals surface area contributed by atoms with Crippen LogP contribution < -0.4 is 5.32 Å². The third-order valence-corrected chi connectivity index (χ3v) is 5.16. The van der Waals surface area contributed by atoms with Gasteiger partial charge in [-0.15, -0.1) is 0 Å². The molecule has 24 heavy (non-hydrogen) atoms. The molecular formula is C15H14ClFN2O4S. The number of rotatable bonds is 5. The number of carbonyl (C=O) groups excluding carboxylic acids is 1. The number of hydrogen-bond donors (Lipinski definition) is 1. The van der Waals surface area contributed by atoms with E-state index in [1.807, 2.05) is 0 Å². The highest BCUT2D eigenvalue weighted by molar-refractivity contribution is 7.89. The van der Waals surface area contributed by atoms with Crippen LogP contribution in [-0.2, 0) is 14.9 Å². The molecule has 128 valence electrons. The Bertz CT molecular complexity index is 874. The number of anilines is 1. The minimum absolute atomic E-state index is 0.0583. The lowest BCUT2D eigenvalue weighted by Crippen LogP contribution is -2.26. The molecule has 0 saturated carbocycles.